The second kappa shape index (κ2) is 11.6. The topological polar surface area (TPSA) is 59.1 Å². The summed E-state index contributed by atoms with van der Waals surface area (Å²) in [5.74, 6) is -0.347. The van der Waals surface area contributed by atoms with Crippen molar-refractivity contribution < 1.29 is 19.1 Å². The van der Waals surface area contributed by atoms with Gasteiger partial charge in [-0.1, -0.05) is 81.4 Å². The van der Waals surface area contributed by atoms with Crippen LogP contribution in [0.15, 0.2) is 60.7 Å². The molecule has 6 heteroatoms. The Balaban J connectivity index is 1.96. The molecule has 2 aromatic carbocycles. The van der Waals surface area contributed by atoms with Crippen LogP contribution in [-0.2, 0) is 27.4 Å². The van der Waals surface area contributed by atoms with Crippen LogP contribution in [-0.4, -0.2) is 51.7 Å². The van der Waals surface area contributed by atoms with Crippen molar-refractivity contribution >= 4 is 11.9 Å². The van der Waals surface area contributed by atoms with Crippen molar-refractivity contribution in [2.75, 3.05) is 6.61 Å². The van der Waals surface area contributed by atoms with E-state index in [0.717, 1.165) is 11.1 Å². The number of hydrogen-bond acceptors (Lipinski definition) is 5. The number of nitrogens with zero attached hydrogens (tertiary/aromatic N) is 2. The van der Waals surface area contributed by atoms with E-state index in [2.05, 4.69) is 36.1 Å². The Labute approximate surface area is 216 Å². The number of ether oxygens (including phenoxy) is 2. The highest BCUT2D eigenvalue weighted by Gasteiger charge is 2.51. The Morgan fingerprint density at radius 2 is 1.44 bits per heavy atom. The summed E-state index contributed by atoms with van der Waals surface area (Å²) < 4.78 is 12.1. The van der Waals surface area contributed by atoms with Gasteiger partial charge in [-0.2, -0.15) is 0 Å². The number of benzene rings is 2. The normalized spacial score (nSPS) is 18.3. The van der Waals surface area contributed by atoms with Gasteiger partial charge in [-0.25, -0.2) is 4.79 Å². The van der Waals surface area contributed by atoms with Crippen molar-refractivity contribution in [3.05, 3.63) is 71.8 Å². The Hall–Kier alpha value is -2.70. The zero-order valence-corrected chi connectivity index (χ0v) is 22.9. The maximum absolute atomic E-state index is 13.6. The van der Waals surface area contributed by atoms with E-state index in [1.54, 1.807) is 4.90 Å². The molecule has 0 saturated carbocycles. The standard InChI is InChI=1S/C30H42N2O4/c1-8-25(31(19-23-15-11-9-12-16-23)20-24-17-13-10-14-18-24)27(26(33)22(2)3)36-28(34)32-29(4,5)21-35-30(32,6)7/h9-18,22,25,27H,8,19-21H2,1-7H3/t25-,27+/m1/s1. The van der Waals surface area contributed by atoms with Crippen molar-refractivity contribution in [1.82, 2.24) is 9.80 Å². The number of amides is 1. The molecule has 1 aliphatic rings. The Kier molecular flexibility index (Phi) is 8.96. The number of carbonyl (C=O) groups excluding carboxylic acids is 2. The molecule has 2 atom stereocenters. The maximum atomic E-state index is 13.6. The molecular formula is C30H42N2O4. The second-order valence-electron chi connectivity index (χ2n) is 11.1. The molecule has 36 heavy (non-hydrogen) atoms. The lowest BCUT2D eigenvalue weighted by Gasteiger charge is -2.40. The molecule has 196 valence electrons. The lowest BCUT2D eigenvalue weighted by Crippen LogP contribution is -2.56. The fraction of sp³-hybridized carbons (Fsp3) is 0.533. The Morgan fingerprint density at radius 3 is 1.83 bits per heavy atom. The molecule has 1 saturated heterocycles. The van der Waals surface area contributed by atoms with E-state index < -0.39 is 23.5 Å². The van der Waals surface area contributed by atoms with Crippen LogP contribution in [0, 0.1) is 5.92 Å². The van der Waals surface area contributed by atoms with Crippen molar-refractivity contribution in [3.63, 3.8) is 0 Å². The molecule has 6 nitrogen and oxygen atoms in total. The van der Waals surface area contributed by atoms with Gasteiger partial charge in [0.1, 0.15) is 5.72 Å². The highest BCUT2D eigenvalue weighted by molar-refractivity contribution is 5.87. The van der Waals surface area contributed by atoms with Crippen LogP contribution in [0.4, 0.5) is 4.79 Å². The van der Waals surface area contributed by atoms with Crippen molar-refractivity contribution in [3.8, 4) is 0 Å². The van der Waals surface area contributed by atoms with E-state index in [-0.39, 0.29) is 17.7 Å². The third-order valence-corrected chi connectivity index (χ3v) is 6.88. The van der Waals surface area contributed by atoms with Gasteiger partial charge in [0.05, 0.1) is 18.2 Å². The molecule has 1 fully saturated rings. The number of carbonyl (C=O) groups is 2. The van der Waals surface area contributed by atoms with Gasteiger partial charge in [-0.05, 0) is 45.2 Å². The predicted molar refractivity (Wildman–Crippen MR) is 142 cm³/mol. The first-order valence-electron chi connectivity index (χ1n) is 13.0. The number of hydrogen-bond donors (Lipinski definition) is 0. The lowest BCUT2D eigenvalue weighted by molar-refractivity contribution is -0.137. The zero-order valence-electron chi connectivity index (χ0n) is 22.9. The van der Waals surface area contributed by atoms with Crippen LogP contribution in [0.5, 0.6) is 0 Å². The first-order chi connectivity index (χ1) is 17.0. The summed E-state index contributed by atoms with van der Waals surface area (Å²) in [5, 5.41) is 0. The zero-order chi connectivity index (χ0) is 26.5. The van der Waals surface area contributed by atoms with E-state index in [9.17, 15) is 9.59 Å². The Bertz CT molecular complexity index is 947. The van der Waals surface area contributed by atoms with Gasteiger partial charge in [0, 0.05) is 19.0 Å². The van der Waals surface area contributed by atoms with Crippen LogP contribution in [0.2, 0.25) is 0 Å². The van der Waals surface area contributed by atoms with Crippen LogP contribution >= 0.6 is 0 Å². The van der Waals surface area contributed by atoms with Gasteiger partial charge in [-0.3, -0.25) is 14.6 Å². The molecule has 0 N–H and O–H groups in total. The number of Topliss-reactive ketones (excluding diaryl/α,β-unsaturated/α-hetero) is 1. The third-order valence-electron chi connectivity index (χ3n) is 6.88. The molecule has 1 amide bonds. The van der Waals surface area contributed by atoms with Crippen LogP contribution < -0.4 is 0 Å². The van der Waals surface area contributed by atoms with Gasteiger partial charge in [-0.15, -0.1) is 0 Å². The third kappa shape index (κ3) is 6.54. The fourth-order valence-corrected chi connectivity index (χ4v) is 5.08. The molecule has 2 aromatic rings. The van der Waals surface area contributed by atoms with E-state index in [1.165, 1.54) is 0 Å². The Morgan fingerprint density at radius 1 is 0.944 bits per heavy atom. The number of ketones is 1. The summed E-state index contributed by atoms with van der Waals surface area (Å²) in [6.45, 7) is 15.1. The predicted octanol–water partition coefficient (Wildman–Crippen LogP) is 6.04. The molecular weight excluding hydrogens is 452 g/mol. The van der Waals surface area contributed by atoms with Gasteiger partial charge < -0.3 is 9.47 Å². The first kappa shape index (κ1) is 27.9. The maximum Gasteiger partial charge on any atom is 0.413 e. The number of rotatable bonds is 10. The van der Waals surface area contributed by atoms with E-state index in [0.29, 0.717) is 26.1 Å². The molecule has 0 radical (unpaired) electrons. The van der Waals surface area contributed by atoms with Crippen molar-refractivity contribution in [2.45, 2.75) is 91.4 Å². The highest BCUT2D eigenvalue weighted by atomic mass is 16.6. The minimum atomic E-state index is -0.901. The summed E-state index contributed by atoms with van der Waals surface area (Å²) in [6, 6.07) is 20.1. The molecule has 0 spiro atoms. The minimum Gasteiger partial charge on any atom is -0.436 e. The van der Waals surface area contributed by atoms with E-state index in [4.69, 9.17) is 9.47 Å². The quantitative estimate of drug-likeness (QED) is 0.403. The molecule has 1 heterocycles. The average Bonchev–Trinajstić information content (AvgIpc) is 3.06. The summed E-state index contributed by atoms with van der Waals surface area (Å²) in [7, 11) is 0. The van der Waals surface area contributed by atoms with Crippen LogP contribution in [0.1, 0.15) is 66.0 Å². The van der Waals surface area contributed by atoms with E-state index in [1.807, 2.05) is 77.9 Å². The smallest absolute Gasteiger partial charge is 0.413 e. The van der Waals surface area contributed by atoms with Crippen molar-refractivity contribution in [1.29, 1.82) is 0 Å². The summed E-state index contributed by atoms with van der Waals surface area (Å²) in [6.07, 6.45) is -0.763. The molecule has 0 unspecified atom stereocenters. The van der Waals surface area contributed by atoms with Crippen LogP contribution in [0.25, 0.3) is 0 Å². The lowest BCUT2D eigenvalue weighted by atomic mass is 9.94. The SMILES string of the molecule is CC[C@H]([C@H](OC(=O)N1C(C)(C)COC1(C)C)C(=O)C(C)C)N(Cc1ccccc1)Cc1ccccc1. The van der Waals surface area contributed by atoms with Gasteiger partial charge in [0.2, 0.25) is 0 Å². The van der Waals surface area contributed by atoms with Gasteiger partial charge in [0.25, 0.3) is 0 Å². The van der Waals surface area contributed by atoms with Crippen LogP contribution in [0.3, 0.4) is 0 Å². The molecule has 0 aromatic heterocycles. The molecule has 0 aliphatic carbocycles. The monoisotopic (exact) mass is 494 g/mol. The average molecular weight is 495 g/mol. The minimum absolute atomic E-state index is 0.0722. The fourth-order valence-electron chi connectivity index (χ4n) is 5.08. The summed E-state index contributed by atoms with van der Waals surface area (Å²) in [4.78, 5) is 31.1. The summed E-state index contributed by atoms with van der Waals surface area (Å²) >= 11 is 0. The van der Waals surface area contributed by atoms with Gasteiger partial charge in [0.15, 0.2) is 11.9 Å². The second-order valence-corrected chi connectivity index (χ2v) is 11.1. The van der Waals surface area contributed by atoms with E-state index >= 15 is 0 Å². The van der Waals surface area contributed by atoms with Crippen molar-refractivity contribution in [2.24, 2.45) is 5.92 Å². The summed E-state index contributed by atoms with van der Waals surface area (Å²) in [5.41, 5.74) is 0.927. The molecule has 3 rings (SSSR count). The van der Waals surface area contributed by atoms with Gasteiger partial charge >= 0.3 is 6.09 Å². The highest BCUT2D eigenvalue weighted by Crippen LogP contribution is 2.36. The molecule has 0 bridgehead atoms. The first-order valence-corrected chi connectivity index (χ1v) is 13.0. The molecule has 1 aliphatic heterocycles. The largest absolute Gasteiger partial charge is 0.436 e.